The Morgan fingerprint density at radius 3 is 2.19 bits per heavy atom. The number of hydrogen-bond acceptors (Lipinski definition) is 7. The van der Waals surface area contributed by atoms with Crippen LogP contribution in [0.2, 0.25) is 0 Å². The molecule has 0 saturated carbocycles. The van der Waals surface area contributed by atoms with Crippen molar-refractivity contribution in [3.8, 4) is 0 Å². The summed E-state index contributed by atoms with van der Waals surface area (Å²) in [6, 6.07) is 12.2. The minimum atomic E-state index is -1.37. The first-order valence-corrected chi connectivity index (χ1v) is 11.7. The maximum Gasteiger partial charge on any atom is 0.273 e. The zero-order valence-corrected chi connectivity index (χ0v) is 20.2. The van der Waals surface area contributed by atoms with Gasteiger partial charge in [0.25, 0.3) is 17.7 Å². The second-order valence-corrected chi connectivity index (χ2v) is 8.76. The maximum absolute atomic E-state index is 13.8. The normalized spacial score (nSPS) is 11.6. The van der Waals surface area contributed by atoms with E-state index in [-0.39, 0.29) is 34.3 Å². The SMILES string of the molecule is Cc1ccc(C(C(=O)NCc2ccc(F)cc2)N(C(=O)c2snc(C(N)=O)c2N)c2ccc(F)cc2)o1. The van der Waals surface area contributed by atoms with Gasteiger partial charge < -0.3 is 21.2 Å². The molecular weight excluding hydrogens is 504 g/mol. The van der Waals surface area contributed by atoms with Gasteiger partial charge in [-0.05, 0) is 72.6 Å². The van der Waals surface area contributed by atoms with Crippen molar-refractivity contribution < 1.29 is 27.6 Å². The molecule has 0 radical (unpaired) electrons. The number of rotatable bonds is 8. The first kappa shape index (κ1) is 25.5. The fraction of sp³-hybridized carbons (Fsp3) is 0.120. The van der Waals surface area contributed by atoms with Gasteiger partial charge in [-0.2, -0.15) is 4.37 Å². The monoisotopic (exact) mass is 525 g/mol. The van der Waals surface area contributed by atoms with Gasteiger partial charge in [0.15, 0.2) is 11.7 Å². The number of nitrogens with zero attached hydrogens (tertiary/aromatic N) is 2. The number of aromatic nitrogens is 1. The van der Waals surface area contributed by atoms with Crippen LogP contribution in [0.3, 0.4) is 0 Å². The molecule has 1 atom stereocenters. The molecule has 2 aromatic carbocycles. The summed E-state index contributed by atoms with van der Waals surface area (Å²) in [5.74, 6) is -2.74. The molecule has 0 aliphatic carbocycles. The van der Waals surface area contributed by atoms with Gasteiger partial charge in [-0.1, -0.05) is 12.1 Å². The van der Waals surface area contributed by atoms with E-state index in [9.17, 15) is 23.2 Å². The lowest BCUT2D eigenvalue weighted by Gasteiger charge is -2.29. The number of carbonyl (C=O) groups excluding carboxylic acids is 3. The van der Waals surface area contributed by atoms with Gasteiger partial charge >= 0.3 is 0 Å². The number of nitrogen functional groups attached to an aromatic ring is 1. The van der Waals surface area contributed by atoms with Crippen LogP contribution in [0.5, 0.6) is 0 Å². The van der Waals surface area contributed by atoms with Crippen LogP contribution in [0.1, 0.15) is 43.3 Å². The van der Waals surface area contributed by atoms with Crippen LogP contribution in [0.25, 0.3) is 0 Å². The minimum Gasteiger partial charge on any atom is -0.464 e. The zero-order chi connectivity index (χ0) is 26.7. The summed E-state index contributed by atoms with van der Waals surface area (Å²) >= 11 is 0.641. The van der Waals surface area contributed by atoms with Crippen molar-refractivity contribution in [2.75, 3.05) is 10.6 Å². The number of anilines is 2. The van der Waals surface area contributed by atoms with E-state index in [0.717, 1.165) is 17.0 Å². The Hall–Kier alpha value is -4.58. The number of hydrogen-bond donors (Lipinski definition) is 3. The molecule has 9 nitrogen and oxygen atoms in total. The average Bonchev–Trinajstić information content (AvgIpc) is 3.47. The molecule has 4 rings (SSSR count). The van der Waals surface area contributed by atoms with Crippen LogP contribution < -0.4 is 21.7 Å². The highest BCUT2D eigenvalue weighted by Crippen LogP contribution is 2.34. The Balaban J connectivity index is 1.78. The summed E-state index contributed by atoms with van der Waals surface area (Å²) in [6.07, 6.45) is 0. The summed E-state index contributed by atoms with van der Waals surface area (Å²) in [6.45, 7) is 1.69. The van der Waals surface area contributed by atoms with Gasteiger partial charge in [-0.3, -0.25) is 19.3 Å². The minimum absolute atomic E-state index is 0.0231. The highest BCUT2D eigenvalue weighted by atomic mass is 32.1. The average molecular weight is 526 g/mol. The van der Waals surface area contributed by atoms with Crippen molar-refractivity contribution in [2.45, 2.75) is 19.5 Å². The summed E-state index contributed by atoms with van der Waals surface area (Å²) < 4.78 is 36.6. The molecule has 12 heteroatoms. The number of nitrogens with two attached hydrogens (primary N) is 2. The van der Waals surface area contributed by atoms with Crippen molar-refractivity contribution in [1.82, 2.24) is 9.69 Å². The lowest BCUT2D eigenvalue weighted by molar-refractivity contribution is -0.123. The molecule has 3 amide bonds. The topological polar surface area (TPSA) is 145 Å². The third kappa shape index (κ3) is 5.48. The molecule has 5 N–H and O–H groups in total. The van der Waals surface area contributed by atoms with Gasteiger partial charge in [0.05, 0.1) is 5.69 Å². The van der Waals surface area contributed by atoms with Crippen molar-refractivity contribution in [3.05, 3.63) is 100.0 Å². The lowest BCUT2D eigenvalue weighted by Crippen LogP contribution is -2.43. The number of amides is 3. The van der Waals surface area contributed by atoms with Crippen molar-refractivity contribution >= 4 is 40.6 Å². The predicted octanol–water partition coefficient (Wildman–Crippen LogP) is 3.71. The Labute approximate surface area is 213 Å². The maximum atomic E-state index is 13.8. The quantitative estimate of drug-likeness (QED) is 0.320. The van der Waals surface area contributed by atoms with Crippen LogP contribution >= 0.6 is 11.5 Å². The molecule has 0 bridgehead atoms. The standard InChI is InChI=1S/C25H21F2N5O4S/c1-13-2-11-18(36-13)21(24(34)30-12-14-3-5-15(26)6-4-14)32(17-9-7-16(27)8-10-17)25(35)22-19(28)20(23(29)33)31-37-22/h2-11,21H,12,28H2,1H3,(H2,29,33)(H,30,34). The van der Waals surface area contributed by atoms with Crippen molar-refractivity contribution in [1.29, 1.82) is 0 Å². The van der Waals surface area contributed by atoms with E-state index >= 15 is 0 Å². The van der Waals surface area contributed by atoms with E-state index in [0.29, 0.717) is 22.9 Å². The largest absolute Gasteiger partial charge is 0.464 e. The second-order valence-electron chi connectivity index (χ2n) is 7.99. The van der Waals surface area contributed by atoms with Crippen LogP contribution in [-0.4, -0.2) is 22.1 Å². The molecule has 2 heterocycles. The Kier molecular flexibility index (Phi) is 7.30. The van der Waals surface area contributed by atoms with Crippen molar-refractivity contribution in [2.24, 2.45) is 5.73 Å². The highest BCUT2D eigenvalue weighted by Gasteiger charge is 2.37. The Bertz CT molecular complexity index is 1450. The van der Waals surface area contributed by atoms with Gasteiger partial charge in [-0.15, -0.1) is 0 Å². The molecule has 4 aromatic rings. The number of furan rings is 1. The van der Waals surface area contributed by atoms with E-state index in [1.807, 2.05) is 0 Å². The first-order valence-electron chi connectivity index (χ1n) is 10.9. The number of carbonyl (C=O) groups is 3. The predicted molar refractivity (Wildman–Crippen MR) is 133 cm³/mol. The Morgan fingerprint density at radius 2 is 1.65 bits per heavy atom. The van der Waals surface area contributed by atoms with Gasteiger partial charge in [0.2, 0.25) is 0 Å². The number of aryl methyl sites for hydroxylation is 1. The second kappa shape index (κ2) is 10.6. The lowest BCUT2D eigenvalue weighted by atomic mass is 10.1. The van der Waals surface area contributed by atoms with E-state index in [1.54, 1.807) is 13.0 Å². The van der Waals surface area contributed by atoms with Crippen LogP contribution in [0.15, 0.2) is 65.1 Å². The molecule has 0 spiro atoms. The van der Waals surface area contributed by atoms with E-state index < -0.39 is 35.4 Å². The zero-order valence-electron chi connectivity index (χ0n) is 19.4. The molecule has 37 heavy (non-hydrogen) atoms. The molecule has 1 unspecified atom stereocenters. The van der Waals surface area contributed by atoms with Gasteiger partial charge in [-0.25, -0.2) is 8.78 Å². The van der Waals surface area contributed by atoms with Gasteiger partial charge in [0.1, 0.15) is 28.0 Å². The van der Waals surface area contributed by atoms with Crippen LogP contribution in [-0.2, 0) is 11.3 Å². The number of halogens is 2. The molecule has 0 fully saturated rings. The third-order valence-corrected chi connectivity index (χ3v) is 6.25. The first-order chi connectivity index (χ1) is 17.7. The van der Waals surface area contributed by atoms with E-state index in [4.69, 9.17) is 15.9 Å². The van der Waals surface area contributed by atoms with Gasteiger partial charge in [0, 0.05) is 12.2 Å². The molecule has 2 aromatic heterocycles. The molecule has 0 aliphatic heterocycles. The molecular formula is C25H21F2N5O4S. The van der Waals surface area contributed by atoms with Crippen molar-refractivity contribution in [3.63, 3.8) is 0 Å². The highest BCUT2D eigenvalue weighted by molar-refractivity contribution is 7.09. The number of primary amides is 1. The molecule has 190 valence electrons. The Morgan fingerprint density at radius 1 is 1.03 bits per heavy atom. The number of benzene rings is 2. The van der Waals surface area contributed by atoms with Crippen LogP contribution in [0.4, 0.5) is 20.2 Å². The molecule has 0 aliphatic rings. The number of nitrogens with one attached hydrogen (secondary N) is 1. The summed E-state index contributed by atoms with van der Waals surface area (Å²) in [4.78, 5) is 40.0. The summed E-state index contributed by atoms with van der Waals surface area (Å²) in [5, 5.41) is 2.73. The van der Waals surface area contributed by atoms with Crippen LogP contribution in [0, 0.1) is 18.6 Å². The van der Waals surface area contributed by atoms with E-state index in [2.05, 4.69) is 9.69 Å². The summed E-state index contributed by atoms with van der Waals surface area (Å²) in [7, 11) is 0. The smallest absolute Gasteiger partial charge is 0.273 e. The fourth-order valence-electron chi connectivity index (χ4n) is 3.59. The van der Waals surface area contributed by atoms with E-state index in [1.165, 1.54) is 42.5 Å². The fourth-order valence-corrected chi connectivity index (χ4v) is 4.33. The third-order valence-electron chi connectivity index (χ3n) is 5.40. The summed E-state index contributed by atoms with van der Waals surface area (Å²) in [5.41, 5.74) is 11.5. The molecule has 0 saturated heterocycles.